The first-order chi connectivity index (χ1) is 14.9. The third-order valence-electron chi connectivity index (χ3n) is 5.93. The van der Waals surface area contributed by atoms with Crippen LogP contribution in [0.25, 0.3) is 11.3 Å². The number of ether oxygens (including phenoxy) is 1. The summed E-state index contributed by atoms with van der Waals surface area (Å²) in [6.45, 7) is 4.14. The molecule has 0 amide bonds. The molecule has 0 bridgehead atoms. The van der Waals surface area contributed by atoms with Crippen molar-refractivity contribution >= 4 is 0 Å². The normalized spacial score (nSPS) is 16.4. The van der Waals surface area contributed by atoms with Gasteiger partial charge in [-0.15, -0.1) is 0 Å². The van der Waals surface area contributed by atoms with Crippen molar-refractivity contribution in [3.63, 3.8) is 0 Å². The van der Waals surface area contributed by atoms with Crippen molar-refractivity contribution in [1.82, 2.24) is 15.3 Å². The van der Waals surface area contributed by atoms with Crippen LogP contribution in [0.5, 0.6) is 0 Å². The molecule has 7 heteroatoms. The van der Waals surface area contributed by atoms with E-state index in [0.29, 0.717) is 29.3 Å². The van der Waals surface area contributed by atoms with Gasteiger partial charge in [-0.3, -0.25) is 0 Å². The van der Waals surface area contributed by atoms with Gasteiger partial charge in [-0.25, -0.2) is 4.98 Å². The molecular formula is C24H26F3N3O. The highest BCUT2D eigenvalue weighted by molar-refractivity contribution is 5.61. The summed E-state index contributed by atoms with van der Waals surface area (Å²) in [5.41, 5.74) is 1.91. The van der Waals surface area contributed by atoms with Crippen LogP contribution in [-0.2, 0) is 22.9 Å². The van der Waals surface area contributed by atoms with Crippen LogP contribution in [0.3, 0.4) is 0 Å². The maximum absolute atomic E-state index is 13.5. The summed E-state index contributed by atoms with van der Waals surface area (Å²) in [4.78, 5) is 7.11. The lowest BCUT2D eigenvalue weighted by Crippen LogP contribution is -2.43. The molecule has 4 rings (SSSR count). The van der Waals surface area contributed by atoms with Gasteiger partial charge in [0.05, 0.1) is 30.7 Å². The van der Waals surface area contributed by atoms with Gasteiger partial charge in [0.15, 0.2) is 0 Å². The van der Waals surface area contributed by atoms with Gasteiger partial charge >= 0.3 is 6.18 Å². The Kier molecular flexibility index (Phi) is 6.16. The van der Waals surface area contributed by atoms with Crippen molar-refractivity contribution in [3.05, 3.63) is 77.2 Å². The topological polar surface area (TPSA) is 49.9 Å². The average molecular weight is 429 g/mol. The van der Waals surface area contributed by atoms with E-state index in [1.165, 1.54) is 11.6 Å². The maximum atomic E-state index is 13.5. The van der Waals surface area contributed by atoms with Crippen LogP contribution >= 0.6 is 0 Å². The van der Waals surface area contributed by atoms with Crippen molar-refractivity contribution in [2.45, 2.75) is 38.0 Å². The number of hydrogen-bond donors (Lipinski definition) is 2. The first-order valence-corrected chi connectivity index (χ1v) is 10.4. The third-order valence-corrected chi connectivity index (χ3v) is 5.93. The van der Waals surface area contributed by atoms with E-state index in [1.54, 1.807) is 19.2 Å². The summed E-state index contributed by atoms with van der Waals surface area (Å²) < 4.78 is 46.5. The zero-order valence-corrected chi connectivity index (χ0v) is 17.4. The Morgan fingerprint density at radius 3 is 2.45 bits per heavy atom. The number of aryl methyl sites for hydroxylation is 1. The molecule has 1 aliphatic rings. The minimum atomic E-state index is -4.43. The highest BCUT2D eigenvalue weighted by Crippen LogP contribution is 2.35. The van der Waals surface area contributed by atoms with E-state index in [-0.39, 0.29) is 12.0 Å². The number of alkyl halides is 3. The molecule has 0 radical (unpaired) electrons. The fraction of sp³-hybridized carbons (Fsp3) is 0.375. The van der Waals surface area contributed by atoms with Crippen molar-refractivity contribution in [1.29, 1.82) is 0 Å². The Morgan fingerprint density at radius 2 is 1.81 bits per heavy atom. The summed E-state index contributed by atoms with van der Waals surface area (Å²) in [7, 11) is 0. The number of imidazole rings is 1. The van der Waals surface area contributed by atoms with E-state index in [9.17, 15) is 13.2 Å². The quantitative estimate of drug-likeness (QED) is 0.563. The van der Waals surface area contributed by atoms with E-state index in [0.717, 1.165) is 32.0 Å². The Labute approximate surface area is 179 Å². The van der Waals surface area contributed by atoms with E-state index in [1.807, 2.05) is 18.2 Å². The van der Waals surface area contributed by atoms with Gasteiger partial charge in [-0.1, -0.05) is 30.3 Å². The second-order valence-corrected chi connectivity index (χ2v) is 8.19. The molecule has 1 aliphatic heterocycles. The van der Waals surface area contributed by atoms with E-state index >= 15 is 0 Å². The average Bonchev–Trinajstić information content (AvgIpc) is 3.21. The number of rotatable bonds is 6. The van der Waals surface area contributed by atoms with Crippen molar-refractivity contribution < 1.29 is 17.9 Å². The molecule has 2 N–H and O–H groups in total. The van der Waals surface area contributed by atoms with Gasteiger partial charge < -0.3 is 15.0 Å². The molecular weight excluding hydrogens is 403 g/mol. The Hall–Kier alpha value is -2.64. The van der Waals surface area contributed by atoms with Gasteiger partial charge in [0.2, 0.25) is 0 Å². The molecule has 0 saturated carbocycles. The molecule has 164 valence electrons. The fourth-order valence-corrected chi connectivity index (χ4v) is 4.24. The van der Waals surface area contributed by atoms with Gasteiger partial charge in [0, 0.05) is 11.0 Å². The Morgan fingerprint density at radius 1 is 1.06 bits per heavy atom. The number of nitrogens with one attached hydrogen (secondary N) is 2. The van der Waals surface area contributed by atoms with Crippen LogP contribution in [0.15, 0.2) is 54.7 Å². The number of piperidine rings is 1. The van der Waals surface area contributed by atoms with Gasteiger partial charge in [-0.05, 0) is 62.2 Å². The predicted octanol–water partition coefficient (Wildman–Crippen LogP) is 5.24. The molecule has 1 aromatic heterocycles. The first-order valence-electron chi connectivity index (χ1n) is 10.4. The van der Waals surface area contributed by atoms with Gasteiger partial charge in [0.1, 0.15) is 5.82 Å². The first kappa shape index (κ1) is 21.6. The van der Waals surface area contributed by atoms with E-state index in [2.05, 4.69) is 27.4 Å². The summed E-state index contributed by atoms with van der Waals surface area (Å²) in [5.74, 6) is 0.654. The third kappa shape index (κ3) is 4.99. The number of H-pyrrole nitrogens is 1. The Balaban J connectivity index is 1.56. The fourth-order valence-electron chi connectivity index (χ4n) is 4.24. The number of benzene rings is 2. The largest absolute Gasteiger partial charge is 0.416 e. The molecule has 0 atom stereocenters. The molecule has 2 aromatic carbocycles. The molecule has 31 heavy (non-hydrogen) atoms. The second-order valence-electron chi connectivity index (χ2n) is 8.19. The summed E-state index contributed by atoms with van der Waals surface area (Å²) in [6, 6.07) is 14.3. The van der Waals surface area contributed by atoms with Crippen molar-refractivity contribution in [3.8, 4) is 11.3 Å². The number of aromatic amines is 1. The minimum Gasteiger partial charge on any atom is -0.376 e. The highest BCUT2D eigenvalue weighted by Gasteiger charge is 2.34. The zero-order chi connectivity index (χ0) is 21.9. The monoisotopic (exact) mass is 429 g/mol. The molecule has 0 aliphatic carbocycles. The van der Waals surface area contributed by atoms with Crippen molar-refractivity contribution in [2.24, 2.45) is 0 Å². The van der Waals surface area contributed by atoms with Crippen LogP contribution in [0.1, 0.15) is 35.4 Å². The number of aromatic nitrogens is 2. The predicted molar refractivity (Wildman–Crippen MR) is 114 cm³/mol. The number of nitrogens with zero attached hydrogens (tertiary/aromatic N) is 1. The second kappa shape index (κ2) is 8.85. The number of halogens is 3. The van der Waals surface area contributed by atoms with Gasteiger partial charge in [0.25, 0.3) is 0 Å². The molecule has 1 fully saturated rings. The summed E-state index contributed by atoms with van der Waals surface area (Å²) in [5, 5.41) is 3.38. The van der Waals surface area contributed by atoms with Crippen LogP contribution in [-0.4, -0.2) is 29.7 Å². The molecule has 0 unspecified atom stereocenters. The molecule has 4 nitrogen and oxygen atoms in total. The Bertz CT molecular complexity index is 1010. The van der Waals surface area contributed by atoms with Crippen molar-refractivity contribution in [2.75, 3.05) is 19.7 Å². The lowest BCUT2D eigenvalue weighted by atomic mass is 9.74. The van der Waals surface area contributed by atoms with E-state index in [4.69, 9.17) is 4.74 Å². The minimum absolute atomic E-state index is 0.117. The summed E-state index contributed by atoms with van der Waals surface area (Å²) in [6.07, 6.45) is -1.02. The van der Waals surface area contributed by atoms with Crippen LogP contribution in [0.4, 0.5) is 13.2 Å². The standard InChI is InChI=1S/C24H26F3N3O/c1-17-29-14-22(30-17)19-11-18(12-21(13-19)24(25,26)27)15-31-16-23(7-9-28-10-8-23)20-5-3-2-4-6-20/h2-6,11-14,28H,7-10,15-16H2,1H3,(H,29,30). The van der Waals surface area contributed by atoms with Crippen LogP contribution < -0.4 is 5.32 Å². The van der Waals surface area contributed by atoms with Crippen LogP contribution in [0, 0.1) is 6.92 Å². The summed E-state index contributed by atoms with van der Waals surface area (Å²) >= 11 is 0. The van der Waals surface area contributed by atoms with E-state index < -0.39 is 11.7 Å². The molecule has 2 heterocycles. The highest BCUT2D eigenvalue weighted by atomic mass is 19.4. The smallest absolute Gasteiger partial charge is 0.376 e. The molecule has 1 saturated heterocycles. The van der Waals surface area contributed by atoms with Crippen LogP contribution in [0.2, 0.25) is 0 Å². The molecule has 0 spiro atoms. The molecule has 3 aromatic rings. The zero-order valence-electron chi connectivity index (χ0n) is 17.4. The number of hydrogen-bond acceptors (Lipinski definition) is 3. The lowest BCUT2D eigenvalue weighted by Gasteiger charge is -2.38. The SMILES string of the molecule is Cc1ncc(-c2cc(COCC3(c4ccccc4)CCNCC3)cc(C(F)(F)F)c2)[nH]1. The lowest BCUT2D eigenvalue weighted by molar-refractivity contribution is -0.137. The van der Waals surface area contributed by atoms with Gasteiger partial charge in [-0.2, -0.15) is 13.2 Å². The maximum Gasteiger partial charge on any atom is 0.416 e.